The Morgan fingerprint density at radius 3 is 2.95 bits per heavy atom. The molecule has 0 saturated carbocycles. The van der Waals surface area contributed by atoms with Gasteiger partial charge in [-0.05, 0) is 12.1 Å². The number of benzene rings is 1. The summed E-state index contributed by atoms with van der Waals surface area (Å²) in [5.41, 5.74) is 5.99. The molecule has 0 aromatic heterocycles. The van der Waals surface area contributed by atoms with Crippen LogP contribution in [0.4, 0.5) is 10.1 Å². The molecule has 1 aromatic rings. The van der Waals surface area contributed by atoms with Crippen molar-refractivity contribution in [2.24, 2.45) is 0 Å². The Morgan fingerprint density at radius 1 is 1.32 bits per heavy atom. The lowest BCUT2D eigenvalue weighted by Crippen LogP contribution is -2.00. The molecule has 0 amide bonds. The molecule has 0 bridgehead atoms. The molecule has 0 spiro atoms. The van der Waals surface area contributed by atoms with E-state index in [0.717, 1.165) is 10.8 Å². The van der Waals surface area contributed by atoms with Crippen LogP contribution in [-0.2, 0) is 0 Å². The quantitative estimate of drug-likeness (QED) is 0.536. The van der Waals surface area contributed by atoms with Crippen molar-refractivity contribution >= 4 is 5.69 Å². The number of anilines is 1. The first kappa shape index (κ1) is 11.2. The molecule has 7 nitrogen and oxygen atoms in total. The first-order chi connectivity index (χ1) is 9.15. The van der Waals surface area contributed by atoms with E-state index in [0.29, 0.717) is 5.69 Å². The zero-order valence-electron chi connectivity index (χ0n) is 9.49. The lowest BCUT2D eigenvalue weighted by atomic mass is 10.3. The second kappa shape index (κ2) is 4.09. The van der Waals surface area contributed by atoms with Gasteiger partial charge in [-0.25, -0.2) is 9.37 Å². The van der Waals surface area contributed by atoms with Gasteiger partial charge in [0.25, 0.3) is 5.88 Å². The van der Waals surface area contributed by atoms with Gasteiger partial charge in [-0.2, -0.15) is 4.73 Å². The summed E-state index contributed by atoms with van der Waals surface area (Å²) in [7, 11) is 0. The molecule has 2 aliphatic heterocycles. The summed E-state index contributed by atoms with van der Waals surface area (Å²) in [6.07, 6.45) is 2.59. The summed E-state index contributed by atoms with van der Waals surface area (Å²) in [5, 5.41) is 17.2. The number of hydrogen-bond acceptors (Lipinski definition) is 6. The van der Waals surface area contributed by atoms with Gasteiger partial charge in [0.2, 0.25) is 0 Å². The smallest absolute Gasteiger partial charge is 0.268 e. The molecule has 0 atom stereocenters. The van der Waals surface area contributed by atoms with Crippen LogP contribution in [0.2, 0.25) is 0 Å². The lowest BCUT2D eigenvalue weighted by molar-refractivity contribution is 0.183. The summed E-state index contributed by atoms with van der Waals surface area (Å²) in [4.78, 5) is 3.74. The van der Waals surface area contributed by atoms with E-state index in [1.165, 1.54) is 24.7 Å². The van der Waals surface area contributed by atoms with Gasteiger partial charge in [-0.1, -0.05) is 0 Å². The van der Waals surface area contributed by atoms with Crippen LogP contribution in [-0.4, -0.2) is 25.1 Å². The van der Waals surface area contributed by atoms with Gasteiger partial charge in [0.05, 0.1) is 11.9 Å². The standard InChI is InChI=1S/C11H8FN5O2/c12-7-3-6(1-2-8(7)13)19-11-10-9(15-16-11)4-14-5-17(10)18/h1-5,18H,13H2. The average molecular weight is 261 g/mol. The third kappa shape index (κ3) is 1.88. The molecule has 19 heavy (non-hydrogen) atoms. The van der Waals surface area contributed by atoms with E-state index in [1.807, 2.05) is 0 Å². The number of ether oxygens (including phenoxy) is 1. The maximum atomic E-state index is 13.3. The van der Waals surface area contributed by atoms with Crippen LogP contribution in [0.1, 0.15) is 0 Å². The summed E-state index contributed by atoms with van der Waals surface area (Å²) in [5.74, 6) is -0.353. The van der Waals surface area contributed by atoms with Gasteiger partial charge in [-0.3, -0.25) is 0 Å². The van der Waals surface area contributed by atoms with Crippen molar-refractivity contribution in [2.75, 3.05) is 5.73 Å². The van der Waals surface area contributed by atoms with Crippen molar-refractivity contribution in [1.29, 1.82) is 0 Å². The number of nitrogens with zero attached hydrogens (tertiary/aromatic N) is 4. The van der Waals surface area contributed by atoms with Gasteiger partial charge in [0, 0.05) is 6.07 Å². The highest BCUT2D eigenvalue weighted by Crippen LogP contribution is 2.31. The summed E-state index contributed by atoms with van der Waals surface area (Å²) in [6, 6.07) is 3.98. The fraction of sp³-hybridized carbons (Fsp3) is 0. The van der Waals surface area contributed by atoms with Crippen LogP contribution in [0.3, 0.4) is 0 Å². The molecule has 3 rings (SSSR count). The van der Waals surface area contributed by atoms with E-state index in [9.17, 15) is 9.60 Å². The molecule has 0 radical (unpaired) electrons. The van der Waals surface area contributed by atoms with Crippen LogP contribution >= 0.6 is 0 Å². The Kier molecular flexibility index (Phi) is 2.41. The number of hydrogen-bond donors (Lipinski definition) is 2. The van der Waals surface area contributed by atoms with E-state index < -0.39 is 5.82 Å². The van der Waals surface area contributed by atoms with Gasteiger partial charge in [0.15, 0.2) is 5.69 Å². The Balaban J connectivity index is 2.00. The van der Waals surface area contributed by atoms with Crippen LogP contribution in [0.15, 0.2) is 30.7 Å². The number of nitrogens with two attached hydrogens (primary N) is 1. The molecule has 0 aliphatic carbocycles. The molecule has 0 fully saturated rings. The predicted octanol–water partition coefficient (Wildman–Crippen LogP) is 1.53. The molecule has 0 unspecified atom stereocenters. The minimum absolute atomic E-state index is 0.0206. The van der Waals surface area contributed by atoms with Gasteiger partial charge in [-0.15, -0.1) is 10.2 Å². The summed E-state index contributed by atoms with van der Waals surface area (Å²) >= 11 is 0. The van der Waals surface area contributed by atoms with Crippen LogP contribution in [0.5, 0.6) is 11.6 Å². The average Bonchev–Trinajstić information content (AvgIpc) is 2.79. The van der Waals surface area contributed by atoms with Gasteiger partial charge < -0.3 is 15.7 Å². The van der Waals surface area contributed by atoms with Crippen molar-refractivity contribution in [3.63, 3.8) is 0 Å². The molecular weight excluding hydrogens is 253 g/mol. The van der Waals surface area contributed by atoms with E-state index in [2.05, 4.69) is 15.2 Å². The van der Waals surface area contributed by atoms with Crippen molar-refractivity contribution in [1.82, 2.24) is 19.9 Å². The van der Waals surface area contributed by atoms with E-state index >= 15 is 0 Å². The third-order valence-corrected chi connectivity index (χ3v) is 2.48. The number of rotatable bonds is 2. The van der Waals surface area contributed by atoms with E-state index in [4.69, 9.17) is 10.5 Å². The molecule has 1 aromatic carbocycles. The normalized spacial score (nSPS) is 10.8. The molecule has 8 heteroatoms. The van der Waals surface area contributed by atoms with Crippen molar-refractivity contribution in [2.45, 2.75) is 0 Å². The number of aromatic nitrogens is 4. The Bertz CT molecular complexity index is 714. The highest BCUT2D eigenvalue weighted by molar-refractivity contribution is 5.61. The SMILES string of the molecule is Nc1ccc(Oc2nnc3cncn(O)c2-3)cc1F. The Hall–Kier alpha value is -2.90. The molecule has 2 heterocycles. The highest BCUT2D eigenvalue weighted by Gasteiger charge is 2.19. The first-order valence-corrected chi connectivity index (χ1v) is 5.26. The zero-order valence-corrected chi connectivity index (χ0v) is 9.49. The minimum atomic E-state index is -0.597. The summed E-state index contributed by atoms with van der Waals surface area (Å²) < 4.78 is 19.4. The van der Waals surface area contributed by atoms with E-state index in [-0.39, 0.29) is 23.0 Å². The van der Waals surface area contributed by atoms with Crippen LogP contribution < -0.4 is 10.5 Å². The van der Waals surface area contributed by atoms with Crippen LogP contribution in [0, 0.1) is 5.82 Å². The van der Waals surface area contributed by atoms with Gasteiger partial charge in [0.1, 0.15) is 23.6 Å². The lowest BCUT2D eigenvalue weighted by Gasteiger charge is -2.07. The molecule has 0 saturated heterocycles. The monoisotopic (exact) mass is 261 g/mol. The maximum absolute atomic E-state index is 13.3. The second-order valence-electron chi connectivity index (χ2n) is 3.76. The third-order valence-electron chi connectivity index (χ3n) is 2.48. The zero-order chi connectivity index (χ0) is 13.4. The largest absolute Gasteiger partial charge is 0.436 e. The fourth-order valence-electron chi connectivity index (χ4n) is 1.58. The molecular formula is C11H8FN5O2. The number of halogens is 1. The molecule has 2 aliphatic rings. The topological polar surface area (TPSA) is 99.1 Å². The van der Waals surface area contributed by atoms with E-state index in [1.54, 1.807) is 0 Å². The maximum Gasteiger partial charge on any atom is 0.268 e. The Labute approximate surface area is 106 Å². The molecule has 96 valence electrons. The van der Waals surface area contributed by atoms with Crippen molar-refractivity contribution < 1.29 is 14.3 Å². The number of fused-ring (bicyclic) bond motifs is 1. The first-order valence-electron chi connectivity index (χ1n) is 5.26. The summed E-state index contributed by atoms with van der Waals surface area (Å²) in [6.45, 7) is 0. The van der Waals surface area contributed by atoms with Crippen LogP contribution in [0.25, 0.3) is 11.4 Å². The number of nitrogen functional groups attached to an aromatic ring is 1. The molecule has 3 N–H and O–H groups in total. The predicted molar refractivity (Wildman–Crippen MR) is 62.5 cm³/mol. The fourth-order valence-corrected chi connectivity index (χ4v) is 1.58. The second-order valence-corrected chi connectivity index (χ2v) is 3.76. The van der Waals surface area contributed by atoms with Gasteiger partial charge >= 0.3 is 0 Å². The highest BCUT2D eigenvalue weighted by atomic mass is 19.1. The minimum Gasteiger partial charge on any atom is -0.436 e. The van der Waals surface area contributed by atoms with Crippen molar-refractivity contribution in [3.05, 3.63) is 36.5 Å². The Morgan fingerprint density at radius 2 is 2.16 bits per heavy atom. The van der Waals surface area contributed by atoms with Crippen molar-refractivity contribution in [3.8, 4) is 23.0 Å².